The average molecular weight is 292 g/mol. The second-order valence-corrected chi connectivity index (χ2v) is 6.47. The van der Waals surface area contributed by atoms with Crippen LogP contribution in [-0.4, -0.2) is 26.2 Å². The van der Waals surface area contributed by atoms with E-state index in [2.05, 4.69) is 4.72 Å². The van der Waals surface area contributed by atoms with Crippen LogP contribution in [0.25, 0.3) is 0 Å². The maximum atomic E-state index is 12.0. The molecular formula is C12H18ClNO3S. The third-order valence-corrected chi connectivity index (χ3v) is 4.41. The molecule has 0 saturated carbocycles. The fourth-order valence-electron chi connectivity index (χ4n) is 1.51. The Morgan fingerprint density at radius 3 is 2.67 bits per heavy atom. The SMILES string of the molecule is Cc1ccc(S(=O)(=O)NCCCC(C)O)c(Cl)c1. The van der Waals surface area contributed by atoms with Gasteiger partial charge in [0.2, 0.25) is 10.0 Å². The lowest BCUT2D eigenvalue weighted by Crippen LogP contribution is -2.25. The molecular weight excluding hydrogens is 274 g/mol. The van der Waals surface area contributed by atoms with Crippen molar-refractivity contribution in [2.75, 3.05) is 6.54 Å². The molecule has 6 heteroatoms. The van der Waals surface area contributed by atoms with E-state index in [9.17, 15) is 8.42 Å². The van der Waals surface area contributed by atoms with E-state index in [0.717, 1.165) is 5.56 Å². The van der Waals surface area contributed by atoms with Crippen molar-refractivity contribution in [3.63, 3.8) is 0 Å². The number of sulfonamides is 1. The van der Waals surface area contributed by atoms with E-state index in [1.54, 1.807) is 19.1 Å². The summed E-state index contributed by atoms with van der Waals surface area (Å²) in [5, 5.41) is 9.30. The van der Waals surface area contributed by atoms with Gasteiger partial charge in [-0.15, -0.1) is 0 Å². The van der Waals surface area contributed by atoms with Crippen molar-refractivity contribution >= 4 is 21.6 Å². The summed E-state index contributed by atoms with van der Waals surface area (Å²) in [6, 6.07) is 4.82. The number of hydrogen-bond acceptors (Lipinski definition) is 3. The van der Waals surface area contributed by atoms with Crippen LogP contribution < -0.4 is 4.72 Å². The van der Waals surface area contributed by atoms with Crippen molar-refractivity contribution in [3.05, 3.63) is 28.8 Å². The molecule has 0 aromatic heterocycles. The molecule has 102 valence electrons. The Morgan fingerprint density at radius 2 is 2.11 bits per heavy atom. The highest BCUT2D eigenvalue weighted by atomic mass is 35.5. The third kappa shape index (κ3) is 4.57. The van der Waals surface area contributed by atoms with Gasteiger partial charge in [0.15, 0.2) is 0 Å². The Hall–Kier alpha value is -0.620. The molecule has 0 bridgehead atoms. The number of benzene rings is 1. The van der Waals surface area contributed by atoms with Crippen LogP contribution in [0.4, 0.5) is 0 Å². The number of aryl methyl sites for hydroxylation is 1. The van der Waals surface area contributed by atoms with E-state index in [0.29, 0.717) is 12.8 Å². The zero-order valence-electron chi connectivity index (χ0n) is 10.5. The van der Waals surface area contributed by atoms with E-state index in [-0.39, 0.29) is 16.5 Å². The number of rotatable bonds is 6. The van der Waals surface area contributed by atoms with E-state index in [1.807, 2.05) is 6.92 Å². The fourth-order valence-corrected chi connectivity index (χ4v) is 3.18. The van der Waals surface area contributed by atoms with Crippen molar-refractivity contribution in [1.29, 1.82) is 0 Å². The molecule has 1 aromatic carbocycles. The topological polar surface area (TPSA) is 66.4 Å². The molecule has 0 amide bonds. The van der Waals surface area contributed by atoms with Crippen LogP contribution in [-0.2, 0) is 10.0 Å². The number of halogens is 1. The van der Waals surface area contributed by atoms with Crippen LogP contribution in [0.15, 0.2) is 23.1 Å². The summed E-state index contributed by atoms with van der Waals surface area (Å²) in [7, 11) is -3.57. The number of aliphatic hydroxyl groups excluding tert-OH is 1. The number of nitrogens with one attached hydrogen (secondary N) is 1. The highest BCUT2D eigenvalue weighted by Gasteiger charge is 2.17. The maximum Gasteiger partial charge on any atom is 0.242 e. The molecule has 0 aliphatic carbocycles. The van der Waals surface area contributed by atoms with Crippen molar-refractivity contribution in [3.8, 4) is 0 Å². The van der Waals surface area contributed by atoms with Gasteiger partial charge in [0, 0.05) is 6.54 Å². The van der Waals surface area contributed by atoms with Crippen LogP contribution in [0.3, 0.4) is 0 Å². The standard InChI is InChI=1S/C12H18ClNO3S/c1-9-5-6-12(11(13)8-9)18(16,17)14-7-3-4-10(2)15/h5-6,8,10,14-15H,3-4,7H2,1-2H3. The van der Waals surface area contributed by atoms with Crippen LogP contribution in [0.5, 0.6) is 0 Å². The number of hydrogen-bond donors (Lipinski definition) is 2. The third-order valence-electron chi connectivity index (χ3n) is 2.47. The lowest BCUT2D eigenvalue weighted by atomic mass is 10.2. The first-order valence-electron chi connectivity index (χ1n) is 5.77. The van der Waals surface area contributed by atoms with E-state index >= 15 is 0 Å². The van der Waals surface area contributed by atoms with Crippen molar-refractivity contribution in [2.24, 2.45) is 0 Å². The lowest BCUT2D eigenvalue weighted by Gasteiger charge is -2.09. The molecule has 2 N–H and O–H groups in total. The predicted molar refractivity (Wildman–Crippen MR) is 72.3 cm³/mol. The van der Waals surface area contributed by atoms with E-state index < -0.39 is 16.1 Å². The summed E-state index contributed by atoms with van der Waals surface area (Å²) in [6.07, 6.45) is 0.724. The monoisotopic (exact) mass is 291 g/mol. The van der Waals surface area contributed by atoms with Gasteiger partial charge in [-0.3, -0.25) is 0 Å². The van der Waals surface area contributed by atoms with Crippen molar-refractivity contribution in [2.45, 2.75) is 37.7 Å². The maximum absolute atomic E-state index is 12.0. The molecule has 0 aliphatic rings. The van der Waals surface area contributed by atoms with Crippen LogP contribution >= 0.6 is 11.6 Å². The van der Waals surface area contributed by atoms with Gasteiger partial charge in [0.25, 0.3) is 0 Å². The fraction of sp³-hybridized carbons (Fsp3) is 0.500. The van der Waals surface area contributed by atoms with Gasteiger partial charge in [-0.2, -0.15) is 0 Å². The highest BCUT2D eigenvalue weighted by Crippen LogP contribution is 2.22. The molecule has 1 rings (SSSR count). The lowest BCUT2D eigenvalue weighted by molar-refractivity contribution is 0.182. The van der Waals surface area contributed by atoms with Gasteiger partial charge in [-0.25, -0.2) is 13.1 Å². The molecule has 0 saturated heterocycles. The summed E-state index contributed by atoms with van der Waals surface area (Å²) in [5.74, 6) is 0. The summed E-state index contributed by atoms with van der Waals surface area (Å²) in [6.45, 7) is 3.81. The summed E-state index contributed by atoms with van der Waals surface area (Å²) in [4.78, 5) is 0.0896. The molecule has 18 heavy (non-hydrogen) atoms. The molecule has 4 nitrogen and oxygen atoms in total. The second-order valence-electron chi connectivity index (χ2n) is 4.32. The predicted octanol–water partition coefficient (Wildman–Crippen LogP) is 2.09. The van der Waals surface area contributed by atoms with Crippen molar-refractivity contribution < 1.29 is 13.5 Å². The van der Waals surface area contributed by atoms with Crippen LogP contribution in [0.1, 0.15) is 25.3 Å². The van der Waals surface area contributed by atoms with E-state index in [1.165, 1.54) is 6.07 Å². The minimum Gasteiger partial charge on any atom is -0.393 e. The van der Waals surface area contributed by atoms with Gasteiger partial charge >= 0.3 is 0 Å². The van der Waals surface area contributed by atoms with Crippen molar-refractivity contribution in [1.82, 2.24) is 4.72 Å². The Morgan fingerprint density at radius 1 is 1.44 bits per heavy atom. The first-order valence-corrected chi connectivity index (χ1v) is 7.63. The molecule has 0 spiro atoms. The highest BCUT2D eigenvalue weighted by molar-refractivity contribution is 7.89. The minimum atomic E-state index is -3.57. The number of aliphatic hydroxyl groups is 1. The normalized spacial score (nSPS) is 13.6. The molecule has 0 fully saturated rings. The Balaban J connectivity index is 2.69. The van der Waals surface area contributed by atoms with Gasteiger partial charge < -0.3 is 5.11 Å². The smallest absolute Gasteiger partial charge is 0.242 e. The average Bonchev–Trinajstić information content (AvgIpc) is 2.23. The molecule has 0 aliphatic heterocycles. The Kier molecular flexibility index (Phi) is 5.59. The summed E-state index contributed by atoms with van der Waals surface area (Å²) in [5.41, 5.74) is 0.910. The van der Waals surface area contributed by atoms with Gasteiger partial charge in [0.05, 0.1) is 11.1 Å². The molecule has 1 atom stereocenters. The Bertz CT molecular complexity index is 500. The van der Waals surface area contributed by atoms with Crippen LogP contribution in [0.2, 0.25) is 5.02 Å². The van der Waals surface area contributed by atoms with Gasteiger partial charge in [-0.05, 0) is 44.4 Å². The van der Waals surface area contributed by atoms with Gasteiger partial charge in [0.1, 0.15) is 4.90 Å². The van der Waals surface area contributed by atoms with E-state index in [4.69, 9.17) is 16.7 Å². The summed E-state index contributed by atoms with van der Waals surface area (Å²) >= 11 is 5.92. The first kappa shape index (κ1) is 15.4. The first-order chi connectivity index (χ1) is 8.33. The largest absolute Gasteiger partial charge is 0.393 e. The molecule has 1 aromatic rings. The molecule has 0 heterocycles. The zero-order valence-corrected chi connectivity index (χ0v) is 12.1. The molecule has 0 radical (unpaired) electrons. The molecule has 1 unspecified atom stereocenters. The minimum absolute atomic E-state index is 0.0896. The Labute approximate surface area is 113 Å². The van der Waals surface area contributed by atoms with Gasteiger partial charge in [-0.1, -0.05) is 17.7 Å². The second kappa shape index (κ2) is 6.52. The zero-order chi connectivity index (χ0) is 13.8. The quantitative estimate of drug-likeness (QED) is 0.789. The summed E-state index contributed by atoms with van der Waals surface area (Å²) < 4.78 is 26.4. The van der Waals surface area contributed by atoms with Crippen LogP contribution in [0, 0.1) is 6.92 Å².